The van der Waals surface area contributed by atoms with Gasteiger partial charge in [-0.1, -0.05) is 0 Å². The van der Waals surface area contributed by atoms with Gasteiger partial charge in [0.25, 0.3) is 10.0 Å². The molecule has 0 saturated carbocycles. The summed E-state index contributed by atoms with van der Waals surface area (Å²) in [6, 6.07) is 6.85. The molecule has 7 heteroatoms. The van der Waals surface area contributed by atoms with Crippen LogP contribution in [0.1, 0.15) is 5.56 Å². The summed E-state index contributed by atoms with van der Waals surface area (Å²) in [6.07, 6.45) is 0.938. The first kappa shape index (κ1) is 13.3. The quantitative estimate of drug-likeness (QED) is 0.842. The maximum Gasteiger partial charge on any atom is 0.263 e. The first-order chi connectivity index (χ1) is 8.88. The molecule has 100 valence electrons. The summed E-state index contributed by atoms with van der Waals surface area (Å²) in [5, 5.41) is 0. The molecule has 0 unspecified atom stereocenters. The normalized spacial score (nSPS) is 11.3. The summed E-state index contributed by atoms with van der Waals surface area (Å²) in [5.74, 6) is -0.482. The van der Waals surface area contributed by atoms with Gasteiger partial charge in [-0.3, -0.25) is 4.72 Å². The predicted molar refractivity (Wildman–Crippen MR) is 70.6 cm³/mol. The molecule has 2 aromatic rings. The number of hydrogen-bond acceptors (Lipinski definition) is 4. The van der Waals surface area contributed by atoms with Gasteiger partial charge in [0.1, 0.15) is 11.6 Å². The number of sulfonamides is 1. The van der Waals surface area contributed by atoms with Crippen LogP contribution in [0.5, 0.6) is 0 Å². The van der Waals surface area contributed by atoms with Crippen molar-refractivity contribution in [1.29, 1.82) is 0 Å². The van der Waals surface area contributed by atoms with Crippen molar-refractivity contribution in [2.75, 3.05) is 10.5 Å². The van der Waals surface area contributed by atoms with Crippen molar-refractivity contribution in [3.63, 3.8) is 0 Å². The number of rotatable bonds is 3. The van der Waals surface area contributed by atoms with Crippen LogP contribution in [0.25, 0.3) is 0 Å². The molecule has 0 aliphatic rings. The number of nitrogens with two attached hydrogens (primary N) is 1. The second-order valence-electron chi connectivity index (χ2n) is 3.99. The largest absolute Gasteiger partial charge is 0.399 e. The number of nitrogen functional groups attached to an aromatic ring is 1. The van der Waals surface area contributed by atoms with E-state index in [1.54, 1.807) is 13.0 Å². The maximum atomic E-state index is 12.7. The number of halogens is 1. The highest BCUT2D eigenvalue weighted by molar-refractivity contribution is 7.92. The molecule has 19 heavy (non-hydrogen) atoms. The van der Waals surface area contributed by atoms with E-state index in [-0.39, 0.29) is 10.7 Å². The van der Waals surface area contributed by atoms with Crippen molar-refractivity contribution >= 4 is 21.5 Å². The lowest BCUT2D eigenvalue weighted by atomic mass is 10.2. The number of hydrogen-bond donors (Lipinski definition) is 2. The minimum atomic E-state index is -3.76. The minimum absolute atomic E-state index is 0.0534. The van der Waals surface area contributed by atoms with Crippen molar-refractivity contribution < 1.29 is 12.8 Å². The average Bonchev–Trinajstić information content (AvgIpc) is 2.31. The molecule has 0 aliphatic heterocycles. The second kappa shape index (κ2) is 4.85. The number of nitrogens with one attached hydrogen (secondary N) is 1. The highest BCUT2D eigenvalue weighted by Gasteiger charge is 2.17. The van der Waals surface area contributed by atoms with Gasteiger partial charge in [-0.2, -0.15) is 0 Å². The van der Waals surface area contributed by atoms with Gasteiger partial charge in [-0.25, -0.2) is 17.8 Å². The maximum absolute atomic E-state index is 12.7. The van der Waals surface area contributed by atoms with Gasteiger partial charge < -0.3 is 5.73 Å². The summed E-state index contributed by atoms with van der Waals surface area (Å²) < 4.78 is 39.2. The van der Waals surface area contributed by atoms with Crippen LogP contribution in [-0.4, -0.2) is 13.4 Å². The van der Waals surface area contributed by atoms with Gasteiger partial charge in [-0.15, -0.1) is 0 Å². The molecule has 3 N–H and O–H groups in total. The summed E-state index contributed by atoms with van der Waals surface area (Å²) >= 11 is 0. The molecule has 2 rings (SSSR count). The van der Waals surface area contributed by atoms with Crippen molar-refractivity contribution in [3.8, 4) is 0 Å². The van der Waals surface area contributed by atoms with E-state index in [1.165, 1.54) is 18.2 Å². The zero-order chi connectivity index (χ0) is 14.0. The van der Waals surface area contributed by atoms with E-state index in [0.717, 1.165) is 12.3 Å². The van der Waals surface area contributed by atoms with Crippen LogP contribution in [-0.2, 0) is 10.0 Å². The van der Waals surface area contributed by atoms with E-state index in [9.17, 15) is 12.8 Å². The fraction of sp³-hybridized carbons (Fsp3) is 0.0833. The third-order valence-corrected chi connectivity index (χ3v) is 3.97. The molecule has 0 amide bonds. The zero-order valence-electron chi connectivity index (χ0n) is 10.1. The molecule has 0 spiro atoms. The SMILES string of the molecule is Cc1cc(N)ccc1S(=O)(=O)Nc1ccc(F)cn1. The van der Waals surface area contributed by atoms with Crippen LogP contribution in [0, 0.1) is 12.7 Å². The van der Waals surface area contributed by atoms with E-state index < -0.39 is 15.8 Å². The monoisotopic (exact) mass is 281 g/mol. The number of anilines is 2. The first-order valence-corrected chi connectivity index (χ1v) is 6.87. The summed E-state index contributed by atoms with van der Waals surface area (Å²) in [4.78, 5) is 3.75. The van der Waals surface area contributed by atoms with Crippen LogP contribution in [0.4, 0.5) is 15.9 Å². The van der Waals surface area contributed by atoms with Crippen LogP contribution in [0.3, 0.4) is 0 Å². The molecule has 1 heterocycles. The third kappa shape index (κ3) is 3.00. The lowest BCUT2D eigenvalue weighted by Crippen LogP contribution is -2.15. The van der Waals surface area contributed by atoms with Crippen LogP contribution >= 0.6 is 0 Å². The Morgan fingerprint density at radius 2 is 2.00 bits per heavy atom. The van der Waals surface area contributed by atoms with Crippen LogP contribution in [0.15, 0.2) is 41.4 Å². The fourth-order valence-electron chi connectivity index (χ4n) is 1.60. The van der Waals surface area contributed by atoms with E-state index in [1.807, 2.05) is 0 Å². The molecule has 0 bridgehead atoms. The molecule has 0 fully saturated rings. The lowest BCUT2D eigenvalue weighted by Gasteiger charge is -2.10. The fourth-order valence-corrected chi connectivity index (χ4v) is 2.84. The summed E-state index contributed by atoms with van der Waals surface area (Å²) in [7, 11) is -3.76. The van der Waals surface area contributed by atoms with Gasteiger partial charge in [0.2, 0.25) is 0 Å². The zero-order valence-corrected chi connectivity index (χ0v) is 10.9. The molecule has 0 aliphatic carbocycles. The molecule has 1 aromatic carbocycles. The average molecular weight is 281 g/mol. The highest BCUT2D eigenvalue weighted by atomic mass is 32.2. The number of benzene rings is 1. The van der Waals surface area contributed by atoms with Crippen molar-refractivity contribution in [3.05, 3.63) is 47.9 Å². The molecular formula is C12H12FN3O2S. The van der Waals surface area contributed by atoms with E-state index in [4.69, 9.17) is 5.73 Å². The summed E-state index contributed by atoms with van der Waals surface area (Å²) in [5.41, 5.74) is 6.58. The number of aryl methyl sites for hydroxylation is 1. The van der Waals surface area contributed by atoms with Crippen molar-refractivity contribution in [2.24, 2.45) is 0 Å². The molecular weight excluding hydrogens is 269 g/mol. The Kier molecular flexibility index (Phi) is 3.39. The van der Waals surface area contributed by atoms with Crippen molar-refractivity contribution in [1.82, 2.24) is 4.98 Å². The van der Waals surface area contributed by atoms with Crippen LogP contribution in [0.2, 0.25) is 0 Å². The number of aromatic nitrogens is 1. The standard InChI is InChI=1S/C12H12FN3O2S/c1-8-6-10(14)3-4-11(8)19(17,18)16-12-5-2-9(13)7-15-12/h2-7H,14H2,1H3,(H,15,16). The van der Waals surface area contributed by atoms with Gasteiger partial charge in [0.15, 0.2) is 0 Å². The third-order valence-electron chi connectivity index (χ3n) is 2.45. The molecule has 0 atom stereocenters. The first-order valence-electron chi connectivity index (χ1n) is 5.39. The molecule has 0 saturated heterocycles. The van der Waals surface area contributed by atoms with Gasteiger partial charge in [-0.05, 0) is 42.8 Å². The second-order valence-corrected chi connectivity index (χ2v) is 5.64. The van der Waals surface area contributed by atoms with Gasteiger partial charge >= 0.3 is 0 Å². The lowest BCUT2D eigenvalue weighted by molar-refractivity contribution is 0.600. The number of pyridine rings is 1. The predicted octanol–water partition coefficient (Wildman–Crippen LogP) is 1.91. The van der Waals surface area contributed by atoms with Gasteiger partial charge in [0.05, 0.1) is 11.1 Å². The Labute approximate surface area is 110 Å². The Balaban J connectivity index is 2.35. The Hall–Kier alpha value is -2.15. The molecule has 5 nitrogen and oxygen atoms in total. The van der Waals surface area contributed by atoms with Gasteiger partial charge in [0, 0.05) is 5.69 Å². The highest BCUT2D eigenvalue weighted by Crippen LogP contribution is 2.20. The summed E-state index contributed by atoms with van der Waals surface area (Å²) in [6.45, 7) is 1.64. The van der Waals surface area contributed by atoms with E-state index >= 15 is 0 Å². The van der Waals surface area contributed by atoms with Crippen molar-refractivity contribution in [2.45, 2.75) is 11.8 Å². The Morgan fingerprint density at radius 3 is 2.58 bits per heavy atom. The Bertz CT molecular complexity index is 699. The molecule has 1 aromatic heterocycles. The van der Waals surface area contributed by atoms with E-state index in [0.29, 0.717) is 11.3 Å². The van der Waals surface area contributed by atoms with E-state index in [2.05, 4.69) is 9.71 Å². The smallest absolute Gasteiger partial charge is 0.263 e. The topological polar surface area (TPSA) is 85.1 Å². The molecule has 0 radical (unpaired) electrons. The Morgan fingerprint density at radius 1 is 1.26 bits per heavy atom. The number of nitrogens with zero attached hydrogens (tertiary/aromatic N) is 1. The minimum Gasteiger partial charge on any atom is -0.399 e. The van der Waals surface area contributed by atoms with Crippen LogP contribution < -0.4 is 10.5 Å².